The van der Waals surface area contributed by atoms with Gasteiger partial charge in [-0.1, -0.05) is 25.5 Å². The lowest BCUT2D eigenvalue weighted by atomic mass is 9.97. The van der Waals surface area contributed by atoms with Crippen molar-refractivity contribution in [2.24, 2.45) is 5.41 Å². The van der Waals surface area contributed by atoms with Gasteiger partial charge in [0.25, 0.3) is 0 Å². The predicted octanol–water partition coefficient (Wildman–Crippen LogP) is 8.66. The van der Waals surface area contributed by atoms with Crippen molar-refractivity contribution in [3.05, 3.63) is 45.9 Å². The minimum atomic E-state index is -0.579. The van der Waals surface area contributed by atoms with E-state index in [1.807, 2.05) is 66.7 Å². The van der Waals surface area contributed by atoms with E-state index in [-0.39, 0.29) is 12.6 Å². The zero-order valence-corrected chi connectivity index (χ0v) is 25.1. The van der Waals surface area contributed by atoms with Gasteiger partial charge in [0, 0.05) is 15.6 Å². The van der Waals surface area contributed by atoms with Crippen LogP contribution in [0.3, 0.4) is 0 Å². The second-order valence-corrected chi connectivity index (χ2v) is 12.9. The second kappa shape index (κ2) is 11.6. The zero-order chi connectivity index (χ0) is 26.7. The largest absolute Gasteiger partial charge is 0.494 e. The van der Waals surface area contributed by atoms with Crippen molar-refractivity contribution < 1.29 is 19.0 Å². The highest BCUT2D eigenvalue weighted by Crippen LogP contribution is 2.42. The van der Waals surface area contributed by atoms with E-state index < -0.39 is 17.1 Å². The first-order valence-electron chi connectivity index (χ1n) is 12.5. The van der Waals surface area contributed by atoms with Crippen molar-refractivity contribution in [3.63, 3.8) is 0 Å². The van der Waals surface area contributed by atoms with Crippen molar-refractivity contribution in [1.29, 1.82) is 0 Å². The minimum absolute atomic E-state index is 0.140. The van der Waals surface area contributed by atoms with E-state index in [0.717, 1.165) is 55.0 Å². The molecule has 0 fully saturated rings. The Kier molecular flexibility index (Phi) is 9.23. The first-order chi connectivity index (χ1) is 16.8. The molecule has 2 aromatic carbocycles. The number of carbonyl (C=O) groups excluding carboxylic acids is 1. The van der Waals surface area contributed by atoms with Gasteiger partial charge in [-0.05, 0) is 94.6 Å². The topological polar surface area (TPSA) is 57.7 Å². The molecule has 7 heteroatoms. The summed E-state index contributed by atoms with van der Waals surface area (Å²) in [5.74, 6) is 0.608. The lowest BCUT2D eigenvalue weighted by molar-refractivity contribution is -0.162. The number of aromatic nitrogens is 1. The number of hydrogen-bond donors (Lipinski definition) is 0. The van der Waals surface area contributed by atoms with Crippen LogP contribution in [-0.2, 0) is 14.3 Å². The van der Waals surface area contributed by atoms with Crippen molar-refractivity contribution >= 4 is 43.5 Å². The monoisotopic (exact) mass is 575 g/mol. The van der Waals surface area contributed by atoms with Crippen LogP contribution in [0.15, 0.2) is 34.8 Å². The zero-order valence-electron chi connectivity index (χ0n) is 22.7. The van der Waals surface area contributed by atoms with Crippen LogP contribution in [0.4, 0.5) is 0 Å². The Morgan fingerprint density at radius 3 is 2.50 bits per heavy atom. The average Bonchev–Trinajstić information content (AvgIpc) is 3.20. The molecule has 3 rings (SSSR count). The molecule has 196 valence electrons. The maximum Gasteiger partial charge on any atom is 0.311 e. The molecule has 0 saturated carbocycles. The Labute approximate surface area is 227 Å². The highest BCUT2D eigenvalue weighted by atomic mass is 79.9. The molecule has 1 atom stereocenters. The number of aryl methyl sites for hydroxylation is 1. The number of carbonyl (C=O) groups is 1. The maximum atomic E-state index is 12.5. The van der Waals surface area contributed by atoms with E-state index in [9.17, 15) is 4.79 Å². The smallest absolute Gasteiger partial charge is 0.311 e. The summed E-state index contributed by atoms with van der Waals surface area (Å²) < 4.78 is 20.0. The summed E-state index contributed by atoms with van der Waals surface area (Å²) in [5, 5.41) is 0.927. The van der Waals surface area contributed by atoms with Crippen LogP contribution in [-0.4, -0.2) is 29.8 Å². The van der Waals surface area contributed by atoms with Gasteiger partial charge in [0.05, 0.1) is 27.8 Å². The van der Waals surface area contributed by atoms with E-state index in [2.05, 4.69) is 35.0 Å². The summed E-state index contributed by atoms with van der Waals surface area (Å²) in [7, 11) is 0. The third-order valence-electron chi connectivity index (χ3n) is 5.51. The molecular weight excluding hydrogens is 538 g/mol. The first kappa shape index (κ1) is 28.6. The molecule has 0 bridgehead atoms. The molecule has 0 saturated heterocycles. The quantitative estimate of drug-likeness (QED) is 0.189. The molecule has 0 unspecified atom stereocenters. The highest BCUT2D eigenvalue weighted by molar-refractivity contribution is 9.10. The summed E-state index contributed by atoms with van der Waals surface area (Å²) in [4.78, 5) is 17.4. The van der Waals surface area contributed by atoms with Crippen molar-refractivity contribution in [3.8, 4) is 16.3 Å². The summed E-state index contributed by atoms with van der Waals surface area (Å²) in [6.07, 6.45) is 1.71. The second-order valence-electron chi connectivity index (χ2n) is 11.1. The van der Waals surface area contributed by atoms with Crippen molar-refractivity contribution in [1.82, 2.24) is 4.98 Å². The van der Waals surface area contributed by atoms with E-state index in [4.69, 9.17) is 19.2 Å². The third-order valence-corrected chi connectivity index (χ3v) is 7.73. The Morgan fingerprint density at radius 1 is 1.14 bits per heavy atom. The standard InChI is InChI=1S/C29H38BrNO4S/c1-9-10-14-33-20-13-11-12-19(16-20)26-31-21-15-18(2)23(24(30)25(21)36-26)22(35-29(6,7)8)17-34-27(32)28(3,4)5/h11-13,15-16,22H,9-10,14,17H2,1-8H3/t22-/m1/s1. The van der Waals surface area contributed by atoms with E-state index in [0.29, 0.717) is 6.61 Å². The lowest BCUT2D eigenvalue weighted by Gasteiger charge is -2.30. The molecule has 0 radical (unpaired) electrons. The van der Waals surface area contributed by atoms with Gasteiger partial charge in [0.2, 0.25) is 0 Å². The molecule has 0 aliphatic heterocycles. The van der Waals surface area contributed by atoms with E-state index in [1.165, 1.54) is 0 Å². The normalized spacial score (nSPS) is 13.1. The molecule has 0 aliphatic carbocycles. The molecule has 0 aliphatic rings. The highest BCUT2D eigenvalue weighted by Gasteiger charge is 2.30. The maximum absolute atomic E-state index is 12.5. The van der Waals surface area contributed by atoms with Gasteiger partial charge in [0.1, 0.15) is 23.5 Å². The van der Waals surface area contributed by atoms with E-state index >= 15 is 0 Å². The van der Waals surface area contributed by atoms with Gasteiger partial charge in [-0.25, -0.2) is 4.98 Å². The molecule has 1 aromatic heterocycles. The van der Waals surface area contributed by atoms with Crippen LogP contribution in [0, 0.1) is 12.3 Å². The van der Waals surface area contributed by atoms with Crippen LogP contribution >= 0.6 is 27.3 Å². The number of halogens is 1. The summed E-state index contributed by atoms with van der Waals surface area (Å²) in [6.45, 7) is 16.6. The number of thiazole rings is 1. The molecule has 5 nitrogen and oxygen atoms in total. The minimum Gasteiger partial charge on any atom is -0.494 e. The van der Waals surface area contributed by atoms with E-state index in [1.54, 1.807) is 11.3 Å². The van der Waals surface area contributed by atoms with Crippen LogP contribution < -0.4 is 4.74 Å². The number of rotatable bonds is 9. The van der Waals surface area contributed by atoms with Crippen molar-refractivity contribution in [2.75, 3.05) is 13.2 Å². The number of hydrogen-bond acceptors (Lipinski definition) is 6. The van der Waals surface area contributed by atoms with Gasteiger partial charge < -0.3 is 14.2 Å². The molecule has 0 N–H and O–H groups in total. The molecule has 3 aromatic rings. The Balaban J connectivity index is 1.98. The Bertz CT molecular complexity index is 1210. The molecule has 36 heavy (non-hydrogen) atoms. The van der Waals surface area contributed by atoms with Gasteiger partial charge in [-0.3, -0.25) is 4.79 Å². The van der Waals surface area contributed by atoms with Crippen LogP contribution in [0.25, 0.3) is 20.8 Å². The molecular formula is C29H38BrNO4S. The Hall–Kier alpha value is -1.96. The van der Waals surface area contributed by atoms with Gasteiger partial charge in [0.15, 0.2) is 0 Å². The fourth-order valence-corrected chi connectivity index (χ4v) is 5.71. The molecule has 0 amide bonds. The fourth-order valence-electron chi connectivity index (χ4n) is 3.71. The van der Waals surface area contributed by atoms with Gasteiger partial charge >= 0.3 is 5.97 Å². The van der Waals surface area contributed by atoms with Crippen LogP contribution in [0.1, 0.15) is 78.5 Å². The first-order valence-corrected chi connectivity index (χ1v) is 14.1. The van der Waals surface area contributed by atoms with Gasteiger partial charge in [-0.2, -0.15) is 0 Å². The van der Waals surface area contributed by atoms with Gasteiger partial charge in [-0.15, -0.1) is 11.3 Å². The number of unbranched alkanes of at least 4 members (excludes halogenated alkanes) is 1. The van der Waals surface area contributed by atoms with Crippen LogP contribution in [0.5, 0.6) is 5.75 Å². The summed E-state index contributed by atoms with van der Waals surface area (Å²) in [6, 6.07) is 10.2. The fraction of sp³-hybridized carbons (Fsp3) is 0.517. The predicted molar refractivity (Wildman–Crippen MR) is 152 cm³/mol. The summed E-state index contributed by atoms with van der Waals surface area (Å²) >= 11 is 5.48. The number of ether oxygens (including phenoxy) is 3. The number of esters is 1. The van der Waals surface area contributed by atoms with Crippen molar-refractivity contribution in [2.45, 2.75) is 79.9 Å². The SMILES string of the molecule is CCCCOc1cccc(-c2nc3cc(C)c([C@@H](COC(=O)C(C)(C)C)OC(C)(C)C)c(Br)c3s2)c1. The number of fused-ring (bicyclic) bond motifs is 1. The number of benzene rings is 2. The Morgan fingerprint density at radius 2 is 1.86 bits per heavy atom. The molecule has 1 heterocycles. The molecule has 0 spiro atoms. The lowest BCUT2D eigenvalue weighted by Crippen LogP contribution is -2.29. The summed E-state index contributed by atoms with van der Waals surface area (Å²) in [5.41, 5.74) is 2.95. The van der Waals surface area contributed by atoms with Crippen LogP contribution in [0.2, 0.25) is 0 Å². The number of nitrogens with zero attached hydrogens (tertiary/aromatic N) is 1. The average molecular weight is 577 g/mol. The third kappa shape index (κ3) is 7.30.